The number of ether oxygens (including phenoxy) is 1. The molecule has 1 N–H and O–H groups in total. The van der Waals surface area contributed by atoms with Crippen molar-refractivity contribution in [1.82, 2.24) is 14.9 Å². The summed E-state index contributed by atoms with van der Waals surface area (Å²) in [6.45, 7) is 4.67. The fourth-order valence-corrected chi connectivity index (χ4v) is 3.41. The molecule has 1 aliphatic rings. The highest BCUT2D eigenvalue weighted by Crippen LogP contribution is 2.37. The lowest BCUT2D eigenvalue weighted by atomic mass is 10.0. The van der Waals surface area contributed by atoms with Crippen molar-refractivity contribution >= 4 is 11.6 Å². The van der Waals surface area contributed by atoms with E-state index < -0.39 is 0 Å². The zero-order chi connectivity index (χ0) is 18.8. The van der Waals surface area contributed by atoms with E-state index in [0.717, 1.165) is 41.3 Å². The van der Waals surface area contributed by atoms with Gasteiger partial charge in [-0.3, -0.25) is 14.9 Å². The lowest BCUT2D eigenvalue weighted by Gasteiger charge is -2.19. The fourth-order valence-electron chi connectivity index (χ4n) is 3.30. The van der Waals surface area contributed by atoms with Gasteiger partial charge in [-0.15, -0.1) is 0 Å². The molecule has 4 rings (SSSR count). The van der Waals surface area contributed by atoms with E-state index in [2.05, 4.69) is 14.9 Å². The number of rotatable bonds is 3. The van der Waals surface area contributed by atoms with Crippen molar-refractivity contribution in [2.45, 2.75) is 20.0 Å². The van der Waals surface area contributed by atoms with Crippen molar-refractivity contribution in [3.05, 3.63) is 70.6 Å². The summed E-state index contributed by atoms with van der Waals surface area (Å²) in [6.07, 6.45) is 1.60. The molecule has 0 bridgehead atoms. The molecule has 3 heterocycles. The Morgan fingerprint density at radius 1 is 1.22 bits per heavy atom. The number of aromatic hydroxyl groups is 1. The number of phenolic OH excluding ortho intramolecular Hbond substituents is 1. The average molecular weight is 382 g/mol. The van der Waals surface area contributed by atoms with Crippen LogP contribution in [0.4, 0.5) is 0 Å². The second-order valence-electron chi connectivity index (χ2n) is 6.67. The van der Waals surface area contributed by atoms with Crippen LogP contribution >= 0.6 is 11.6 Å². The number of aryl methyl sites for hydroxylation is 1. The third kappa shape index (κ3) is 4.04. The first-order valence-corrected chi connectivity index (χ1v) is 9.22. The lowest BCUT2D eigenvalue weighted by Crippen LogP contribution is -2.25. The average Bonchev–Trinajstić information content (AvgIpc) is 2.84. The Labute approximate surface area is 163 Å². The minimum atomic E-state index is 0.134. The van der Waals surface area contributed by atoms with Crippen LogP contribution in [0.3, 0.4) is 0 Å². The number of nitrogens with zero attached hydrogens (tertiary/aromatic N) is 3. The molecule has 0 spiro atoms. The quantitative estimate of drug-likeness (QED) is 0.736. The second kappa shape index (κ2) is 7.55. The SMILES string of the molecule is Cc1cccc(CN2CCOc3c(O)cc(-c4ccc(Cl)cn4)cc3C2)n1. The zero-order valence-corrected chi connectivity index (χ0v) is 15.8. The molecule has 0 radical (unpaired) electrons. The minimum Gasteiger partial charge on any atom is -0.504 e. The summed E-state index contributed by atoms with van der Waals surface area (Å²) in [4.78, 5) is 11.2. The van der Waals surface area contributed by atoms with Gasteiger partial charge >= 0.3 is 0 Å². The highest BCUT2D eigenvalue weighted by molar-refractivity contribution is 6.30. The first kappa shape index (κ1) is 17.8. The summed E-state index contributed by atoms with van der Waals surface area (Å²) in [7, 11) is 0. The molecule has 0 saturated heterocycles. The molecule has 0 amide bonds. The van der Waals surface area contributed by atoms with E-state index in [-0.39, 0.29) is 5.75 Å². The highest BCUT2D eigenvalue weighted by atomic mass is 35.5. The summed E-state index contributed by atoms with van der Waals surface area (Å²) in [5.74, 6) is 0.683. The molecule has 0 saturated carbocycles. The topological polar surface area (TPSA) is 58.5 Å². The van der Waals surface area contributed by atoms with Crippen molar-refractivity contribution in [2.75, 3.05) is 13.2 Å². The Morgan fingerprint density at radius 3 is 2.89 bits per heavy atom. The maximum atomic E-state index is 10.5. The molecule has 0 fully saturated rings. The second-order valence-corrected chi connectivity index (χ2v) is 7.11. The van der Waals surface area contributed by atoms with Crippen molar-refractivity contribution in [1.29, 1.82) is 0 Å². The van der Waals surface area contributed by atoms with E-state index in [4.69, 9.17) is 16.3 Å². The molecular weight excluding hydrogens is 362 g/mol. The van der Waals surface area contributed by atoms with Gasteiger partial charge in [-0.2, -0.15) is 0 Å². The summed E-state index contributed by atoms with van der Waals surface area (Å²) in [6, 6.07) is 13.4. The summed E-state index contributed by atoms with van der Waals surface area (Å²) in [5.41, 5.74) is 4.56. The standard InChI is InChI=1S/C21H20ClN3O2/c1-14-3-2-4-18(24-14)13-25-7-8-27-21-16(12-25)9-15(10-20(21)26)19-6-5-17(22)11-23-19/h2-6,9-11,26H,7-8,12-13H2,1H3. The molecule has 27 heavy (non-hydrogen) atoms. The third-order valence-electron chi connectivity index (χ3n) is 4.55. The molecule has 1 aromatic carbocycles. The van der Waals surface area contributed by atoms with Crippen LogP contribution in [0, 0.1) is 6.92 Å². The van der Waals surface area contributed by atoms with Crippen molar-refractivity contribution in [3.63, 3.8) is 0 Å². The Kier molecular flexibility index (Phi) is 4.97. The molecule has 5 nitrogen and oxygen atoms in total. The van der Waals surface area contributed by atoms with Crippen molar-refractivity contribution in [3.8, 4) is 22.8 Å². The van der Waals surface area contributed by atoms with Gasteiger partial charge in [0.05, 0.1) is 16.4 Å². The maximum Gasteiger partial charge on any atom is 0.165 e. The largest absolute Gasteiger partial charge is 0.504 e. The number of hydrogen-bond donors (Lipinski definition) is 1. The van der Waals surface area contributed by atoms with Crippen LogP contribution in [0.25, 0.3) is 11.3 Å². The summed E-state index contributed by atoms with van der Waals surface area (Å²) in [5, 5.41) is 11.1. The van der Waals surface area contributed by atoms with Crippen LogP contribution in [0.2, 0.25) is 5.02 Å². The molecule has 1 aliphatic heterocycles. The van der Waals surface area contributed by atoms with Crippen LogP contribution in [-0.2, 0) is 13.1 Å². The minimum absolute atomic E-state index is 0.134. The Balaban J connectivity index is 1.63. The van der Waals surface area contributed by atoms with Crippen LogP contribution in [0.15, 0.2) is 48.7 Å². The van der Waals surface area contributed by atoms with E-state index >= 15 is 0 Å². The van der Waals surface area contributed by atoms with Gasteiger partial charge in [0.25, 0.3) is 0 Å². The monoisotopic (exact) mass is 381 g/mol. The molecule has 2 aromatic heterocycles. The van der Waals surface area contributed by atoms with Gasteiger partial charge in [0.2, 0.25) is 0 Å². The fraction of sp³-hybridized carbons (Fsp3) is 0.238. The summed E-state index contributed by atoms with van der Waals surface area (Å²) < 4.78 is 5.83. The predicted octanol–water partition coefficient (Wildman–Crippen LogP) is 4.21. The normalized spacial score (nSPS) is 14.3. The van der Waals surface area contributed by atoms with E-state index in [9.17, 15) is 5.11 Å². The maximum absolute atomic E-state index is 10.5. The van der Waals surface area contributed by atoms with Gasteiger partial charge in [0.1, 0.15) is 6.61 Å². The Bertz CT molecular complexity index is 960. The first-order valence-electron chi connectivity index (χ1n) is 8.84. The first-order chi connectivity index (χ1) is 13.1. The molecule has 0 unspecified atom stereocenters. The Morgan fingerprint density at radius 2 is 2.11 bits per heavy atom. The number of phenols is 1. The zero-order valence-electron chi connectivity index (χ0n) is 15.0. The lowest BCUT2D eigenvalue weighted by molar-refractivity contribution is 0.215. The predicted molar refractivity (Wildman–Crippen MR) is 105 cm³/mol. The number of hydrogen-bond acceptors (Lipinski definition) is 5. The van der Waals surface area contributed by atoms with Crippen LogP contribution in [-0.4, -0.2) is 33.1 Å². The number of pyridine rings is 2. The number of benzene rings is 1. The smallest absolute Gasteiger partial charge is 0.165 e. The van der Waals surface area contributed by atoms with Gasteiger partial charge in [-0.05, 0) is 43.3 Å². The van der Waals surface area contributed by atoms with Crippen molar-refractivity contribution < 1.29 is 9.84 Å². The van der Waals surface area contributed by atoms with Gasteiger partial charge in [-0.1, -0.05) is 17.7 Å². The van der Waals surface area contributed by atoms with Gasteiger partial charge in [0, 0.05) is 42.7 Å². The molecule has 6 heteroatoms. The van der Waals surface area contributed by atoms with E-state index in [1.54, 1.807) is 18.3 Å². The van der Waals surface area contributed by atoms with Crippen LogP contribution in [0.1, 0.15) is 17.0 Å². The molecular formula is C21H20ClN3O2. The molecule has 3 aromatic rings. The van der Waals surface area contributed by atoms with Gasteiger partial charge in [-0.25, -0.2) is 0 Å². The summed E-state index contributed by atoms with van der Waals surface area (Å²) >= 11 is 5.93. The van der Waals surface area contributed by atoms with Crippen molar-refractivity contribution in [2.24, 2.45) is 0 Å². The number of aromatic nitrogens is 2. The van der Waals surface area contributed by atoms with Gasteiger partial charge in [0.15, 0.2) is 11.5 Å². The van der Waals surface area contributed by atoms with Crippen LogP contribution in [0.5, 0.6) is 11.5 Å². The molecule has 138 valence electrons. The highest BCUT2D eigenvalue weighted by Gasteiger charge is 2.20. The van der Waals surface area contributed by atoms with E-state index in [0.29, 0.717) is 23.9 Å². The molecule has 0 atom stereocenters. The third-order valence-corrected chi connectivity index (χ3v) is 4.77. The number of fused-ring (bicyclic) bond motifs is 1. The Hall–Kier alpha value is -2.63. The van der Waals surface area contributed by atoms with E-state index in [1.807, 2.05) is 37.3 Å². The van der Waals surface area contributed by atoms with Gasteiger partial charge < -0.3 is 9.84 Å². The number of halogens is 1. The van der Waals surface area contributed by atoms with E-state index in [1.165, 1.54) is 0 Å². The molecule has 0 aliphatic carbocycles. The van der Waals surface area contributed by atoms with Crippen LogP contribution < -0.4 is 4.74 Å².